The number of allylic oxidation sites excluding steroid dienone is 2. The Morgan fingerprint density at radius 3 is 2.38 bits per heavy atom. The second-order valence-electron chi connectivity index (χ2n) is 10.2. The fourth-order valence-electron chi connectivity index (χ4n) is 5.56. The van der Waals surface area contributed by atoms with E-state index in [0.717, 1.165) is 41.6 Å². The molecule has 37 heavy (non-hydrogen) atoms. The molecule has 1 aromatic heterocycles. The van der Waals surface area contributed by atoms with Crippen molar-refractivity contribution in [1.82, 2.24) is 4.98 Å². The van der Waals surface area contributed by atoms with Crippen LogP contribution < -0.4 is 4.90 Å². The van der Waals surface area contributed by atoms with E-state index in [0.29, 0.717) is 6.42 Å². The average molecular weight is 558 g/mol. The third kappa shape index (κ3) is 5.07. The predicted molar refractivity (Wildman–Crippen MR) is 160 cm³/mol. The van der Waals surface area contributed by atoms with Crippen molar-refractivity contribution < 1.29 is 4.79 Å². The molecule has 1 aliphatic rings. The van der Waals surface area contributed by atoms with Crippen LogP contribution in [-0.2, 0) is 17.6 Å². The van der Waals surface area contributed by atoms with Gasteiger partial charge in [0.15, 0.2) is 0 Å². The van der Waals surface area contributed by atoms with Gasteiger partial charge in [0.05, 0.1) is 0 Å². The molecule has 4 heteroatoms. The third-order valence-electron chi connectivity index (χ3n) is 7.69. The van der Waals surface area contributed by atoms with Crippen molar-refractivity contribution in [2.24, 2.45) is 0 Å². The summed E-state index contributed by atoms with van der Waals surface area (Å²) in [5.41, 5.74) is 8.19. The first-order chi connectivity index (χ1) is 18.1. The van der Waals surface area contributed by atoms with Gasteiger partial charge in [-0.05, 0) is 0 Å². The molecule has 3 aromatic carbocycles. The first kappa shape index (κ1) is 25.9. The van der Waals surface area contributed by atoms with Gasteiger partial charge >= 0.3 is 228 Å². The molecule has 0 unspecified atom stereocenters. The number of anilines is 1. The Bertz CT molecular complexity index is 1470. The van der Waals surface area contributed by atoms with E-state index in [1.165, 1.54) is 68.7 Å². The number of rotatable bonds is 10. The van der Waals surface area contributed by atoms with E-state index in [1.807, 2.05) is 0 Å². The molecule has 0 radical (unpaired) electrons. The van der Waals surface area contributed by atoms with E-state index >= 15 is 0 Å². The monoisotopic (exact) mass is 558 g/mol. The predicted octanol–water partition coefficient (Wildman–Crippen LogP) is 7.86. The zero-order valence-electron chi connectivity index (χ0n) is 22.7. The molecule has 0 bridgehead atoms. The molecule has 192 valence electrons. The van der Waals surface area contributed by atoms with Crippen LogP contribution in [-0.4, -0.2) is 38.4 Å². The zero-order valence-corrected chi connectivity index (χ0v) is 24.4. The second kappa shape index (κ2) is 11.4. The van der Waals surface area contributed by atoms with Gasteiger partial charge < -0.3 is 0 Å². The molecule has 0 amide bonds. The third-order valence-corrected chi connectivity index (χ3v) is 9.87. The van der Waals surface area contributed by atoms with E-state index in [9.17, 15) is 4.79 Å². The summed E-state index contributed by atoms with van der Waals surface area (Å²) in [5.74, 6) is 0.237. The summed E-state index contributed by atoms with van der Waals surface area (Å²) < 4.78 is 2.30. The van der Waals surface area contributed by atoms with Crippen LogP contribution in [0.1, 0.15) is 81.1 Å². The Morgan fingerprint density at radius 1 is 0.892 bits per heavy atom. The summed E-state index contributed by atoms with van der Waals surface area (Å²) in [6.45, 7) is 11.0. The van der Waals surface area contributed by atoms with Crippen molar-refractivity contribution in [2.75, 3.05) is 18.0 Å². The van der Waals surface area contributed by atoms with Crippen LogP contribution in [0.15, 0.2) is 48.5 Å². The quantitative estimate of drug-likeness (QED) is 0.186. The van der Waals surface area contributed by atoms with Crippen LogP contribution in [0.4, 0.5) is 5.69 Å². The van der Waals surface area contributed by atoms with Crippen LogP contribution in [0.3, 0.4) is 0 Å². The molecular formula is C33H38N2OSe. The summed E-state index contributed by atoms with van der Waals surface area (Å²) in [6, 6.07) is 18.0. The number of ketones is 1. The van der Waals surface area contributed by atoms with Crippen LogP contribution in [0.2, 0.25) is 0 Å². The van der Waals surface area contributed by atoms with E-state index in [-0.39, 0.29) is 20.3 Å². The van der Waals surface area contributed by atoms with Crippen molar-refractivity contribution in [2.45, 2.75) is 72.6 Å². The molecule has 0 atom stereocenters. The van der Waals surface area contributed by atoms with E-state index in [1.54, 1.807) is 0 Å². The van der Waals surface area contributed by atoms with Gasteiger partial charge in [-0.2, -0.15) is 0 Å². The molecule has 0 N–H and O–H groups in total. The summed E-state index contributed by atoms with van der Waals surface area (Å²) in [6.07, 6.45) is 7.13. The van der Waals surface area contributed by atoms with Crippen LogP contribution in [0.5, 0.6) is 0 Å². The molecule has 5 rings (SSSR count). The Labute approximate surface area is 227 Å². The van der Waals surface area contributed by atoms with Crippen LogP contribution in [0.25, 0.3) is 31.7 Å². The number of carbonyl (C=O) groups is 1. The topological polar surface area (TPSA) is 33.2 Å². The normalized spacial score (nSPS) is 13.6. The van der Waals surface area contributed by atoms with Crippen molar-refractivity contribution in [3.05, 3.63) is 69.8 Å². The molecule has 1 heterocycles. The number of benzene rings is 3. The number of Topliss-reactive ketones (excluding diaryl/α,β-unsaturated/α-hetero) is 1. The van der Waals surface area contributed by atoms with Gasteiger partial charge in [0, 0.05) is 0 Å². The number of unbranched alkanes of at least 4 members (excludes halogenated alkanes) is 2. The number of aryl methyl sites for hydroxylation is 1. The number of fused-ring (bicyclic) bond motifs is 4. The summed E-state index contributed by atoms with van der Waals surface area (Å²) >= 11 is 0.0485. The van der Waals surface area contributed by atoms with Gasteiger partial charge in [0.25, 0.3) is 0 Å². The van der Waals surface area contributed by atoms with Gasteiger partial charge in [0.1, 0.15) is 0 Å². The number of aromatic nitrogens is 1. The standard InChI is InChI=1S/C33H38N2OSe/c1-5-9-17-35(18-10-6-2)25-13-15-27-24(20-25)21-29(36)31(26(27)8-4)33-34-32-28-14-11-22(7-3)19-23(28)12-16-30(32)37-33/h11-16,19-20H,5-10,17-18,21H2,1-4H3. The molecule has 0 spiro atoms. The molecular weight excluding hydrogens is 519 g/mol. The van der Waals surface area contributed by atoms with E-state index < -0.39 is 0 Å². The number of carbonyl (C=O) groups excluding carboxylic acids is 1. The van der Waals surface area contributed by atoms with E-state index in [2.05, 4.69) is 81.1 Å². The summed E-state index contributed by atoms with van der Waals surface area (Å²) in [4.78, 5) is 21.4. The number of hydrogen-bond donors (Lipinski definition) is 0. The molecule has 0 saturated heterocycles. The maximum atomic E-state index is 13.7. The Hall–Kier alpha value is -2.68. The minimum absolute atomic E-state index is 0.0485. The molecule has 4 aromatic rings. The molecule has 3 nitrogen and oxygen atoms in total. The fourth-order valence-corrected chi connectivity index (χ4v) is 7.81. The Kier molecular flexibility index (Phi) is 7.98. The van der Waals surface area contributed by atoms with Gasteiger partial charge in [0.2, 0.25) is 0 Å². The molecule has 0 fully saturated rings. The molecule has 0 aliphatic heterocycles. The van der Waals surface area contributed by atoms with Crippen molar-refractivity contribution in [1.29, 1.82) is 0 Å². The van der Waals surface area contributed by atoms with Crippen LogP contribution >= 0.6 is 0 Å². The van der Waals surface area contributed by atoms with Crippen molar-refractivity contribution in [3.63, 3.8) is 0 Å². The van der Waals surface area contributed by atoms with Gasteiger partial charge in [-0.15, -0.1) is 0 Å². The first-order valence-corrected chi connectivity index (χ1v) is 15.8. The summed E-state index contributed by atoms with van der Waals surface area (Å²) in [7, 11) is 0. The minimum atomic E-state index is 0.0485. The second-order valence-corrected chi connectivity index (χ2v) is 12.3. The average Bonchev–Trinajstić information content (AvgIpc) is 3.36. The molecule has 0 saturated carbocycles. The number of hydrogen-bond acceptors (Lipinski definition) is 3. The Morgan fingerprint density at radius 2 is 1.68 bits per heavy atom. The zero-order chi connectivity index (χ0) is 25.9. The van der Waals surface area contributed by atoms with Crippen molar-refractivity contribution in [3.8, 4) is 0 Å². The number of nitrogens with zero attached hydrogens (tertiary/aromatic N) is 2. The van der Waals surface area contributed by atoms with Gasteiger partial charge in [-0.1, -0.05) is 0 Å². The fraction of sp³-hybridized carbons (Fsp3) is 0.394. The first-order valence-electron chi connectivity index (χ1n) is 14.0. The van der Waals surface area contributed by atoms with Crippen LogP contribution in [0, 0.1) is 0 Å². The SMILES string of the molecule is CCCCN(CCCC)c1ccc2c(c1)CC(=O)C(c1nc3c(ccc4cc(CC)ccc43)[se]1)=C2CC. The van der Waals surface area contributed by atoms with Gasteiger partial charge in [-0.25, -0.2) is 0 Å². The van der Waals surface area contributed by atoms with Gasteiger partial charge in [-0.3, -0.25) is 0 Å². The van der Waals surface area contributed by atoms with E-state index in [4.69, 9.17) is 4.98 Å². The Balaban J connectivity index is 1.57. The summed E-state index contributed by atoms with van der Waals surface area (Å²) in [5, 5.41) is 2.45. The molecule has 1 aliphatic carbocycles. The van der Waals surface area contributed by atoms with Crippen molar-refractivity contribution >= 4 is 57.7 Å². The maximum absolute atomic E-state index is 13.7.